The van der Waals surface area contributed by atoms with E-state index in [1.807, 2.05) is 0 Å². The molecule has 150 valence electrons. The molecule has 1 aliphatic rings. The number of hydrogen-bond donors (Lipinski definition) is 1. The van der Waals surface area contributed by atoms with Crippen LogP contribution >= 0.6 is 23.2 Å². The molecular formula is C19H19Cl2FN2O3S. The number of hydrogen-bond acceptors (Lipinski definition) is 3. The quantitative estimate of drug-likeness (QED) is 0.746. The van der Waals surface area contributed by atoms with E-state index in [0.717, 1.165) is 0 Å². The number of nitrogens with zero attached hydrogens (tertiary/aromatic N) is 1. The molecule has 3 rings (SSSR count). The molecule has 0 unspecified atom stereocenters. The molecule has 0 aromatic heterocycles. The lowest BCUT2D eigenvalue weighted by Gasteiger charge is -2.31. The Morgan fingerprint density at radius 2 is 1.93 bits per heavy atom. The molecule has 1 fully saturated rings. The molecular weight excluding hydrogens is 426 g/mol. The van der Waals surface area contributed by atoms with E-state index in [9.17, 15) is 17.6 Å². The van der Waals surface area contributed by atoms with Gasteiger partial charge in [0.1, 0.15) is 5.82 Å². The van der Waals surface area contributed by atoms with E-state index >= 15 is 0 Å². The van der Waals surface area contributed by atoms with Crippen LogP contribution in [0.4, 0.5) is 10.1 Å². The summed E-state index contributed by atoms with van der Waals surface area (Å²) in [4.78, 5) is 12.5. The van der Waals surface area contributed by atoms with Crippen LogP contribution in [0, 0.1) is 11.7 Å². The molecule has 0 bridgehead atoms. The minimum Gasteiger partial charge on any atom is -0.323 e. The summed E-state index contributed by atoms with van der Waals surface area (Å²) in [6.07, 6.45) is 1.09. The van der Waals surface area contributed by atoms with Gasteiger partial charge in [0.25, 0.3) is 0 Å². The maximum Gasteiger partial charge on any atom is 0.228 e. The summed E-state index contributed by atoms with van der Waals surface area (Å²) < 4.78 is 40.6. The molecule has 2 aromatic carbocycles. The molecule has 1 saturated heterocycles. The first-order chi connectivity index (χ1) is 13.3. The average Bonchev–Trinajstić information content (AvgIpc) is 2.66. The third-order valence-electron chi connectivity index (χ3n) is 4.61. The molecule has 0 saturated carbocycles. The number of para-hydroxylation sites is 1. The first-order valence-electron chi connectivity index (χ1n) is 8.73. The summed E-state index contributed by atoms with van der Waals surface area (Å²) in [5.74, 6) is -1.70. The highest BCUT2D eigenvalue weighted by molar-refractivity contribution is 7.88. The molecule has 1 aliphatic heterocycles. The third kappa shape index (κ3) is 5.03. The molecule has 0 spiro atoms. The molecule has 1 atom stereocenters. The number of piperidine rings is 1. The standard InChI is InChI=1S/C19H19Cl2FN2O3S/c20-15-8-7-13(10-16(15)21)12-28(26,27)24-9-3-4-14(11-24)19(25)23-18-6-2-1-5-17(18)22/h1-2,5-8,10,14H,3-4,9,11-12H2,(H,23,25)/t14-/m0/s1. The maximum atomic E-state index is 13.7. The second-order valence-electron chi connectivity index (χ2n) is 6.67. The van der Waals surface area contributed by atoms with Gasteiger partial charge in [0.05, 0.1) is 27.4 Å². The largest absolute Gasteiger partial charge is 0.323 e. The maximum absolute atomic E-state index is 13.7. The molecule has 28 heavy (non-hydrogen) atoms. The Kier molecular flexibility index (Phi) is 6.60. The Hall–Kier alpha value is -1.67. The number of anilines is 1. The number of sulfonamides is 1. The van der Waals surface area contributed by atoms with E-state index in [1.54, 1.807) is 18.2 Å². The number of halogens is 3. The van der Waals surface area contributed by atoms with Crippen molar-refractivity contribution >= 4 is 44.8 Å². The average molecular weight is 445 g/mol. The fraction of sp³-hybridized carbons (Fsp3) is 0.316. The summed E-state index contributed by atoms with van der Waals surface area (Å²) in [6, 6.07) is 10.6. The van der Waals surface area contributed by atoms with Crippen molar-refractivity contribution in [1.82, 2.24) is 4.31 Å². The van der Waals surface area contributed by atoms with Crippen molar-refractivity contribution in [1.29, 1.82) is 0 Å². The van der Waals surface area contributed by atoms with Crippen LogP contribution in [-0.2, 0) is 20.6 Å². The fourth-order valence-corrected chi connectivity index (χ4v) is 5.06. The van der Waals surface area contributed by atoms with Crippen LogP contribution in [0.25, 0.3) is 0 Å². The van der Waals surface area contributed by atoms with E-state index in [0.29, 0.717) is 30.0 Å². The second kappa shape index (κ2) is 8.78. The molecule has 1 N–H and O–H groups in total. The summed E-state index contributed by atoms with van der Waals surface area (Å²) >= 11 is 11.8. The molecule has 0 radical (unpaired) electrons. The van der Waals surface area contributed by atoms with Crippen molar-refractivity contribution in [2.75, 3.05) is 18.4 Å². The zero-order valence-corrected chi connectivity index (χ0v) is 17.2. The van der Waals surface area contributed by atoms with Crippen LogP contribution in [0.15, 0.2) is 42.5 Å². The molecule has 9 heteroatoms. The lowest BCUT2D eigenvalue weighted by atomic mass is 9.98. The van der Waals surface area contributed by atoms with Gasteiger partial charge in [-0.05, 0) is 42.7 Å². The van der Waals surface area contributed by atoms with E-state index in [1.165, 1.54) is 28.6 Å². The lowest BCUT2D eigenvalue weighted by molar-refractivity contribution is -0.120. The Bertz CT molecular complexity index is 985. The first-order valence-corrected chi connectivity index (χ1v) is 11.1. The monoisotopic (exact) mass is 444 g/mol. The highest BCUT2D eigenvalue weighted by atomic mass is 35.5. The van der Waals surface area contributed by atoms with Crippen LogP contribution in [0.3, 0.4) is 0 Å². The van der Waals surface area contributed by atoms with Gasteiger partial charge in [-0.3, -0.25) is 4.79 Å². The first kappa shape index (κ1) is 21.0. The van der Waals surface area contributed by atoms with Gasteiger partial charge in [0.15, 0.2) is 0 Å². The van der Waals surface area contributed by atoms with Gasteiger partial charge in [0.2, 0.25) is 15.9 Å². The number of rotatable bonds is 5. The van der Waals surface area contributed by atoms with Gasteiger partial charge in [-0.1, -0.05) is 41.4 Å². The lowest BCUT2D eigenvalue weighted by Crippen LogP contribution is -2.44. The highest BCUT2D eigenvalue weighted by Gasteiger charge is 2.32. The zero-order valence-electron chi connectivity index (χ0n) is 14.9. The minimum atomic E-state index is -3.64. The number of amides is 1. The molecule has 2 aromatic rings. The van der Waals surface area contributed by atoms with Gasteiger partial charge >= 0.3 is 0 Å². The van der Waals surface area contributed by atoms with Crippen molar-refractivity contribution in [2.45, 2.75) is 18.6 Å². The Morgan fingerprint density at radius 3 is 2.64 bits per heavy atom. The Morgan fingerprint density at radius 1 is 1.18 bits per heavy atom. The fourth-order valence-electron chi connectivity index (χ4n) is 3.14. The van der Waals surface area contributed by atoms with Gasteiger partial charge in [-0.15, -0.1) is 0 Å². The summed E-state index contributed by atoms with van der Waals surface area (Å²) in [7, 11) is -3.64. The Labute approximate surface area is 173 Å². The van der Waals surface area contributed by atoms with E-state index in [4.69, 9.17) is 23.2 Å². The number of carbonyl (C=O) groups excluding carboxylic acids is 1. The van der Waals surface area contributed by atoms with Gasteiger partial charge in [-0.25, -0.2) is 17.1 Å². The summed E-state index contributed by atoms with van der Waals surface area (Å²) in [5.41, 5.74) is 0.607. The number of benzene rings is 2. The normalized spacial score (nSPS) is 18.0. The highest BCUT2D eigenvalue weighted by Crippen LogP contribution is 2.26. The number of nitrogens with one attached hydrogen (secondary N) is 1. The minimum absolute atomic E-state index is 0.0595. The second-order valence-corrected chi connectivity index (χ2v) is 9.45. The molecule has 5 nitrogen and oxygen atoms in total. The zero-order chi connectivity index (χ0) is 20.3. The van der Waals surface area contributed by atoms with Crippen LogP contribution < -0.4 is 5.32 Å². The van der Waals surface area contributed by atoms with Crippen molar-refractivity contribution in [2.24, 2.45) is 5.92 Å². The van der Waals surface area contributed by atoms with Crippen molar-refractivity contribution in [3.8, 4) is 0 Å². The van der Waals surface area contributed by atoms with Gasteiger partial charge < -0.3 is 5.32 Å². The third-order valence-corrected chi connectivity index (χ3v) is 7.17. The summed E-state index contributed by atoms with van der Waals surface area (Å²) in [5, 5.41) is 3.19. The van der Waals surface area contributed by atoms with E-state index < -0.39 is 21.8 Å². The molecule has 1 amide bonds. The molecule has 1 heterocycles. The van der Waals surface area contributed by atoms with Crippen LogP contribution in [-0.4, -0.2) is 31.7 Å². The smallest absolute Gasteiger partial charge is 0.228 e. The van der Waals surface area contributed by atoms with Gasteiger partial charge in [0, 0.05) is 13.1 Å². The topological polar surface area (TPSA) is 66.5 Å². The molecule has 0 aliphatic carbocycles. The predicted molar refractivity (Wildman–Crippen MR) is 108 cm³/mol. The van der Waals surface area contributed by atoms with Gasteiger partial charge in [-0.2, -0.15) is 0 Å². The number of carbonyl (C=O) groups is 1. The van der Waals surface area contributed by atoms with Crippen molar-refractivity contribution in [3.63, 3.8) is 0 Å². The Balaban J connectivity index is 1.68. The van der Waals surface area contributed by atoms with Crippen LogP contribution in [0.1, 0.15) is 18.4 Å². The summed E-state index contributed by atoms with van der Waals surface area (Å²) in [6.45, 7) is 0.400. The van der Waals surface area contributed by atoms with E-state index in [2.05, 4.69) is 5.32 Å². The van der Waals surface area contributed by atoms with Crippen LogP contribution in [0.2, 0.25) is 10.0 Å². The SMILES string of the molecule is O=C(Nc1ccccc1F)[C@H]1CCCN(S(=O)(=O)Cc2ccc(Cl)c(Cl)c2)C1. The van der Waals surface area contributed by atoms with Crippen molar-refractivity contribution in [3.05, 3.63) is 63.9 Å². The van der Waals surface area contributed by atoms with E-state index in [-0.39, 0.29) is 28.9 Å². The van der Waals surface area contributed by atoms with Crippen molar-refractivity contribution < 1.29 is 17.6 Å². The predicted octanol–water partition coefficient (Wildman–Crippen LogP) is 4.31. The van der Waals surface area contributed by atoms with Crippen LogP contribution in [0.5, 0.6) is 0 Å².